The number of fused-ring (bicyclic) bond motifs is 1. The lowest BCUT2D eigenvalue weighted by Crippen LogP contribution is -2.31. The summed E-state index contributed by atoms with van der Waals surface area (Å²) in [4.78, 5) is 25.4. The molecule has 1 aromatic rings. The van der Waals surface area contributed by atoms with Crippen LogP contribution in [0.25, 0.3) is 0 Å². The quantitative estimate of drug-likeness (QED) is 0.838. The van der Waals surface area contributed by atoms with Crippen LogP contribution in [0, 0.1) is 11.8 Å². The van der Waals surface area contributed by atoms with Crippen LogP contribution in [0.5, 0.6) is 5.75 Å². The predicted molar refractivity (Wildman–Crippen MR) is 74.6 cm³/mol. The second-order valence-electron chi connectivity index (χ2n) is 5.31. The highest BCUT2D eigenvalue weighted by Crippen LogP contribution is 2.32. The SMILES string of the molecule is CCCOc1ccc(N2C[C@@H]3C(=O)NC(=O)[C@@H]3C2)cc1. The van der Waals surface area contributed by atoms with Crippen LogP contribution < -0.4 is 15.0 Å². The fraction of sp³-hybridized carbons (Fsp3) is 0.467. The Hall–Kier alpha value is -2.04. The van der Waals surface area contributed by atoms with Gasteiger partial charge < -0.3 is 9.64 Å². The van der Waals surface area contributed by atoms with Gasteiger partial charge in [-0.15, -0.1) is 0 Å². The van der Waals surface area contributed by atoms with E-state index in [0.717, 1.165) is 17.9 Å². The number of hydrogen-bond acceptors (Lipinski definition) is 4. The minimum atomic E-state index is -0.196. The van der Waals surface area contributed by atoms with Crippen LogP contribution in [0.4, 0.5) is 5.69 Å². The summed E-state index contributed by atoms with van der Waals surface area (Å²) in [6, 6.07) is 7.82. The Balaban J connectivity index is 1.69. The Labute approximate surface area is 117 Å². The van der Waals surface area contributed by atoms with E-state index in [4.69, 9.17) is 4.74 Å². The summed E-state index contributed by atoms with van der Waals surface area (Å²) >= 11 is 0. The molecule has 0 aliphatic carbocycles. The van der Waals surface area contributed by atoms with E-state index in [2.05, 4.69) is 17.1 Å². The lowest BCUT2D eigenvalue weighted by Gasteiger charge is -2.19. The number of anilines is 1. The summed E-state index contributed by atoms with van der Waals surface area (Å²) < 4.78 is 5.54. The number of nitrogens with one attached hydrogen (secondary N) is 1. The number of rotatable bonds is 4. The first-order valence-corrected chi connectivity index (χ1v) is 7.01. The molecule has 106 valence electrons. The largest absolute Gasteiger partial charge is 0.494 e. The average Bonchev–Trinajstić information content (AvgIpc) is 3.00. The Morgan fingerprint density at radius 1 is 1.15 bits per heavy atom. The van der Waals surface area contributed by atoms with Crippen molar-refractivity contribution in [3.8, 4) is 5.75 Å². The topological polar surface area (TPSA) is 58.6 Å². The van der Waals surface area contributed by atoms with Gasteiger partial charge in [0.1, 0.15) is 5.75 Å². The third-order valence-corrected chi connectivity index (χ3v) is 3.91. The third kappa shape index (κ3) is 2.24. The average molecular weight is 274 g/mol. The van der Waals surface area contributed by atoms with Gasteiger partial charge in [-0.3, -0.25) is 14.9 Å². The highest BCUT2D eigenvalue weighted by atomic mass is 16.5. The van der Waals surface area contributed by atoms with Crippen LogP contribution in [0.2, 0.25) is 0 Å². The van der Waals surface area contributed by atoms with Crippen LogP contribution in [-0.4, -0.2) is 31.5 Å². The van der Waals surface area contributed by atoms with Crippen LogP contribution in [0.15, 0.2) is 24.3 Å². The first-order valence-electron chi connectivity index (χ1n) is 7.01. The molecule has 2 amide bonds. The van der Waals surface area contributed by atoms with Gasteiger partial charge in [0.2, 0.25) is 11.8 Å². The molecular formula is C15H18N2O3. The number of carbonyl (C=O) groups excluding carboxylic acids is 2. The van der Waals surface area contributed by atoms with Crippen molar-refractivity contribution < 1.29 is 14.3 Å². The first kappa shape index (κ1) is 13.0. The number of imide groups is 1. The van der Waals surface area contributed by atoms with E-state index in [9.17, 15) is 9.59 Å². The van der Waals surface area contributed by atoms with Gasteiger partial charge >= 0.3 is 0 Å². The maximum atomic E-state index is 11.6. The zero-order chi connectivity index (χ0) is 14.1. The zero-order valence-electron chi connectivity index (χ0n) is 11.5. The lowest BCUT2D eigenvalue weighted by molar-refractivity contribution is -0.126. The van der Waals surface area contributed by atoms with Crippen LogP contribution in [0.1, 0.15) is 13.3 Å². The summed E-state index contributed by atoms with van der Waals surface area (Å²) in [5, 5.41) is 2.40. The standard InChI is InChI=1S/C15H18N2O3/c1-2-7-20-11-5-3-10(4-6-11)17-8-12-13(9-17)15(19)16-14(12)18/h3-6,12-13H,2,7-9H2,1H3,(H,16,18,19)/t12-,13+. The number of hydrogen-bond donors (Lipinski definition) is 1. The van der Waals surface area contributed by atoms with Gasteiger partial charge in [0.15, 0.2) is 0 Å². The van der Waals surface area contributed by atoms with Crippen molar-refractivity contribution in [2.45, 2.75) is 13.3 Å². The number of benzene rings is 1. The Kier molecular flexibility index (Phi) is 3.34. The number of nitrogens with zero attached hydrogens (tertiary/aromatic N) is 1. The van der Waals surface area contributed by atoms with Gasteiger partial charge in [-0.25, -0.2) is 0 Å². The minimum Gasteiger partial charge on any atom is -0.494 e. The smallest absolute Gasteiger partial charge is 0.232 e. The second-order valence-corrected chi connectivity index (χ2v) is 5.31. The van der Waals surface area contributed by atoms with E-state index in [1.165, 1.54) is 0 Å². The highest BCUT2D eigenvalue weighted by molar-refractivity contribution is 6.06. The molecule has 2 fully saturated rings. The van der Waals surface area contributed by atoms with Gasteiger partial charge in [0.05, 0.1) is 18.4 Å². The van der Waals surface area contributed by atoms with Crippen molar-refractivity contribution in [3.05, 3.63) is 24.3 Å². The summed E-state index contributed by atoms with van der Waals surface area (Å²) in [6.07, 6.45) is 0.981. The molecule has 1 N–H and O–H groups in total. The summed E-state index contributed by atoms with van der Waals surface area (Å²) in [5.74, 6) is 0.191. The van der Waals surface area contributed by atoms with Crippen LogP contribution in [0.3, 0.4) is 0 Å². The normalized spacial score (nSPS) is 24.8. The molecule has 2 aliphatic rings. The third-order valence-electron chi connectivity index (χ3n) is 3.91. The van der Waals surface area contributed by atoms with E-state index in [0.29, 0.717) is 19.7 Å². The molecule has 3 rings (SSSR count). The highest BCUT2D eigenvalue weighted by Gasteiger charge is 2.47. The molecule has 1 aromatic carbocycles. The van der Waals surface area contributed by atoms with Crippen molar-refractivity contribution in [2.24, 2.45) is 11.8 Å². The molecule has 2 saturated heterocycles. The fourth-order valence-electron chi connectivity index (χ4n) is 2.83. The molecule has 0 aromatic heterocycles. The molecule has 5 heteroatoms. The van der Waals surface area contributed by atoms with E-state index in [-0.39, 0.29) is 23.7 Å². The van der Waals surface area contributed by atoms with Crippen molar-refractivity contribution in [3.63, 3.8) is 0 Å². The zero-order valence-corrected chi connectivity index (χ0v) is 11.5. The molecule has 0 saturated carbocycles. The van der Waals surface area contributed by atoms with Gasteiger partial charge in [0.25, 0.3) is 0 Å². The van der Waals surface area contributed by atoms with Crippen LogP contribution >= 0.6 is 0 Å². The van der Waals surface area contributed by atoms with Crippen molar-refractivity contribution in [1.82, 2.24) is 5.32 Å². The van der Waals surface area contributed by atoms with Crippen molar-refractivity contribution >= 4 is 17.5 Å². The van der Waals surface area contributed by atoms with Crippen molar-refractivity contribution in [1.29, 1.82) is 0 Å². The van der Waals surface area contributed by atoms with E-state index >= 15 is 0 Å². The first-order chi connectivity index (χ1) is 9.69. The molecule has 20 heavy (non-hydrogen) atoms. The van der Waals surface area contributed by atoms with Gasteiger partial charge in [-0.05, 0) is 30.7 Å². The molecule has 2 aliphatic heterocycles. The van der Waals surface area contributed by atoms with E-state index in [1.54, 1.807) is 0 Å². The Morgan fingerprint density at radius 3 is 2.30 bits per heavy atom. The summed E-state index contributed by atoms with van der Waals surface area (Å²) in [7, 11) is 0. The van der Waals surface area contributed by atoms with Crippen molar-refractivity contribution in [2.75, 3.05) is 24.6 Å². The van der Waals surface area contributed by atoms with E-state index in [1.807, 2.05) is 24.3 Å². The lowest BCUT2D eigenvalue weighted by atomic mass is 10.00. The Morgan fingerprint density at radius 2 is 1.75 bits per heavy atom. The number of ether oxygens (including phenoxy) is 1. The molecule has 5 nitrogen and oxygen atoms in total. The monoisotopic (exact) mass is 274 g/mol. The maximum Gasteiger partial charge on any atom is 0.232 e. The molecule has 2 heterocycles. The van der Waals surface area contributed by atoms with E-state index < -0.39 is 0 Å². The minimum absolute atomic E-state index is 0.134. The number of carbonyl (C=O) groups is 2. The molecule has 0 spiro atoms. The maximum absolute atomic E-state index is 11.6. The van der Waals surface area contributed by atoms with Gasteiger partial charge in [-0.2, -0.15) is 0 Å². The molecule has 0 radical (unpaired) electrons. The van der Waals surface area contributed by atoms with Gasteiger partial charge in [-0.1, -0.05) is 6.92 Å². The molecular weight excluding hydrogens is 256 g/mol. The molecule has 0 bridgehead atoms. The second kappa shape index (κ2) is 5.15. The molecule has 0 unspecified atom stereocenters. The number of amides is 2. The van der Waals surface area contributed by atoms with Crippen LogP contribution in [-0.2, 0) is 9.59 Å². The molecule has 2 atom stereocenters. The summed E-state index contributed by atoms with van der Waals surface area (Å²) in [5.41, 5.74) is 1.03. The fourth-order valence-corrected chi connectivity index (χ4v) is 2.83. The predicted octanol–water partition coefficient (Wildman–Crippen LogP) is 1.18. The summed E-state index contributed by atoms with van der Waals surface area (Å²) in [6.45, 7) is 4.00. The van der Waals surface area contributed by atoms with Gasteiger partial charge in [0, 0.05) is 18.8 Å². The Bertz CT molecular complexity index is 504.